The third kappa shape index (κ3) is 6.28. The average Bonchev–Trinajstić information content (AvgIpc) is 3.29. The predicted octanol–water partition coefficient (Wildman–Crippen LogP) is 4.31. The molecule has 2 fully saturated rings. The van der Waals surface area contributed by atoms with Gasteiger partial charge in [-0.15, -0.1) is 0 Å². The molecule has 8 nitrogen and oxygen atoms in total. The van der Waals surface area contributed by atoms with Gasteiger partial charge in [0.2, 0.25) is 5.91 Å². The van der Waals surface area contributed by atoms with Crippen LogP contribution in [0.4, 0.5) is 4.39 Å². The molecule has 200 valence electrons. The SMILES string of the molecule is COc1cc(F)c(OC2CCC(C)(C(=O)O)CC2)cc1C(=O)N[C@@H]1CCC[C@@H]1C(=O)N[C@@H](C)C(C)C. The van der Waals surface area contributed by atoms with Crippen molar-refractivity contribution < 1.29 is 33.4 Å². The van der Waals surface area contributed by atoms with Crippen molar-refractivity contribution in [3.63, 3.8) is 0 Å². The zero-order valence-corrected chi connectivity index (χ0v) is 21.9. The predicted molar refractivity (Wildman–Crippen MR) is 133 cm³/mol. The number of ether oxygens (including phenoxy) is 2. The highest BCUT2D eigenvalue weighted by atomic mass is 19.1. The van der Waals surface area contributed by atoms with Crippen LogP contribution in [0.5, 0.6) is 11.5 Å². The van der Waals surface area contributed by atoms with Crippen molar-refractivity contribution in [1.29, 1.82) is 0 Å². The molecule has 3 rings (SSSR count). The molecular formula is C27H39FN2O6. The fraction of sp³-hybridized carbons (Fsp3) is 0.667. The lowest BCUT2D eigenvalue weighted by Gasteiger charge is -2.34. The number of nitrogens with one attached hydrogen (secondary N) is 2. The first kappa shape index (κ1) is 27.7. The highest BCUT2D eigenvalue weighted by molar-refractivity contribution is 5.98. The molecule has 0 bridgehead atoms. The smallest absolute Gasteiger partial charge is 0.309 e. The molecular weight excluding hydrogens is 467 g/mol. The maximum atomic E-state index is 14.8. The minimum atomic E-state index is -0.840. The first-order valence-corrected chi connectivity index (χ1v) is 12.8. The first-order valence-electron chi connectivity index (χ1n) is 12.8. The van der Waals surface area contributed by atoms with Crippen LogP contribution < -0.4 is 20.1 Å². The monoisotopic (exact) mass is 506 g/mol. The van der Waals surface area contributed by atoms with E-state index in [0.29, 0.717) is 44.4 Å². The number of carbonyl (C=O) groups is 3. The van der Waals surface area contributed by atoms with E-state index < -0.39 is 23.1 Å². The molecule has 0 aromatic heterocycles. The van der Waals surface area contributed by atoms with E-state index in [1.807, 2.05) is 20.8 Å². The van der Waals surface area contributed by atoms with Crippen molar-refractivity contribution in [2.45, 2.75) is 90.8 Å². The van der Waals surface area contributed by atoms with Gasteiger partial charge in [0.05, 0.1) is 30.1 Å². The highest BCUT2D eigenvalue weighted by Gasteiger charge is 2.39. The maximum Gasteiger partial charge on any atom is 0.309 e. The molecule has 2 aliphatic carbocycles. The quantitative estimate of drug-likeness (QED) is 0.460. The van der Waals surface area contributed by atoms with Gasteiger partial charge in [0.15, 0.2) is 11.6 Å². The Bertz CT molecular complexity index is 973. The first-order chi connectivity index (χ1) is 16.9. The third-order valence-electron chi connectivity index (χ3n) is 7.88. The van der Waals surface area contributed by atoms with E-state index in [1.54, 1.807) is 6.92 Å². The van der Waals surface area contributed by atoms with E-state index in [2.05, 4.69) is 10.6 Å². The van der Waals surface area contributed by atoms with Crippen LogP contribution in [0.2, 0.25) is 0 Å². The van der Waals surface area contributed by atoms with E-state index in [9.17, 15) is 23.9 Å². The number of benzene rings is 1. The summed E-state index contributed by atoms with van der Waals surface area (Å²) in [6, 6.07) is 2.15. The van der Waals surface area contributed by atoms with E-state index in [4.69, 9.17) is 9.47 Å². The normalized spacial score (nSPS) is 26.8. The van der Waals surface area contributed by atoms with E-state index >= 15 is 0 Å². The second kappa shape index (κ2) is 11.5. The zero-order valence-electron chi connectivity index (χ0n) is 21.9. The molecule has 36 heavy (non-hydrogen) atoms. The van der Waals surface area contributed by atoms with Crippen molar-refractivity contribution in [2.24, 2.45) is 17.3 Å². The van der Waals surface area contributed by atoms with Gasteiger partial charge in [-0.25, -0.2) is 4.39 Å². The Kier molecular flexibility index (Phi) is 8.84. The molecule has 2 saturated carbocycles. The van der Waals surface area contributed by atoms with Gasteiger partial charge in [-0.2, -0.15) is 0 Å². The van der Waals surface area contributed by atoms with Gasteiger partial charge in [-0.05, 0) is 64.4 Å². The Morgan fingerprint density at radius 1 is 1.08 bits per heavy atom. The summed E-state index contributed by atoms with van der Waals surface area (Å²) in [5.74, 6) is -2.05. The molecule has 0 radical (unpaired) electrons. The van der Waals surface area contributed by atoms with E-state index in [0.717, 1.165) is 12.5 Å². The summed E-state index contributed by atoms with van der Waals surface area (Å²) >= 11 is 0. The average molecular weight is 507 g/mol. The number of rotatable bonds is 9. The van der Waals surface area contributed by atoms with E-state index in [1.165, 1.54) is 13.2 Å². The second-order valence-electron chi connectivity index (χ2n) is 10.8. The minimum absolute atomic E-state index is 0.0273. The molecule has 3 N–H and O–H groups in total. The van der Waals surface area contributed by atoms with Crippen LogP contribution in [-0.4, -0.2) is 48.2 Å². The largest absolute Gasteiger partial charge is 0.496 e. The topological polar surface area (TPSA) is 114 Å². The Labute approximate surface area is 212 Å². The van der Waals surface area contributed by atoms with Gasteiger partial charge in [0, 0.05) is 18.2 Å². The van der Waals surface area contributed by atoms with Gasteiger partial charge in [-0.1, -0.05) is 20.3 Å². The highest BCUT2D eigenvalue weighted by Crippen LogP contribution is 2.38. The number of hydrogen-bond donors (Lipinski definition) is 3. The summed E-state index contributed by atoms with van der Waals surface area (Å²) in [6.07, 6.45) is 3.65. The van der Waals surface area contributed by atoms with Crippen LogP contribution in [0.25, 0.3) is 0 Å². The Hall–Kier alpha value is -2.84. The summed E-state index contributed by atoms with van der Waals surface area (Å²) in [5, 5.41) is 15.4. The summed E-state index contributed by atoms with van der Waals surface area (Å²) in [7, 11) is 1.36. The summed E-state index contributed by atoms with van der Waals surface area (Å²) in [4.78, 5) is 37.5. The third-order valence-corrected chi connectivity index (χ3v) is 7.88. The van der Waals surface area contributed by atoms with Crippen LogP contribution in [-0.2, 0) is 9.59 Å². The molecule has 9 heteroatoms. The fourth-order valence-corrected chi connectivity index (χ4v) is 4.90. The lowest BCUT2D eigenvalue weighted by molar-refractivity contribution is -0.150. The summed E-state index contributed by atoms with van der Waals surface area (Å²) < 4.78 is 25.9. The van der Waals surface area contributed by atoms with Gasteiger partial charge in [0.25, 0.3) is 5.91 Å². The van der Waals surface area contributed by atoms with Gasteiger partial charge in [0.1, 0.15) is 5.75 Å². The van der Waals surface area contributed by atoms with Crippen molar-refractivity contribution >= 4 is 17.8 Å². The molecule has 1 aromatic carbocycles. The Morgan fingerprint density at radius 2 is 1.75 bits per heavy atom. The Balaban J connectivity index is 1.71. The number of carboxylic acids is 1. The molecule has 0 saturated heterocycles. The second-order valence-corrected chi connectivity index (χ2v) is 10.8. The number of carbonyl (C=O) groups excluding carboxylic acids is 2. The molecule has 0 unspecified atom stereocenters. The van der Waals surface area contributed by atoms with Crippen LogP contribution >= 0.6 is 0 Å². The molecule has 2 aliphatic rings. The van der Waals surface area contributed by atoms with E-state index in [-0.39, 0.29) is 47.1 Å². The number of amides is 2. The minimum Gasteiger partial charge on any atom is -0.496 e. The summed E-state index contributed by atoms with van der Waals surface area (Å²) in [6.45, 7) is 7.75. The fourth-order valence-electron chi connectivity index (χ4n) is 4.90. The number of halogens is 1. The van der Waals surface area contributed by atoms with Crippen LogP contribution in [0.1, 0.15) is 83.0 Å². The van der Waals surface area contributed by atoms with Crippen LogP contribution in [0, 0.1) is 23.1 Å². The van der Waals surface area contributed by atoms with Crippen molar-refractivity contribution in [3.8, 4) is 11.5 Å². The van der Waals surface area contributed by atoms with Crippen LogP contribution in [0.3, 0.4) is 0 Å². The number of methoxy groups -OCH3 is 1. The zero-order chi connectivity index (χ0) is 26.6. The van der Waals surface area contributed by atoms with Gasteiger partial charge in [-0.3, -0.25) is 14.4 Å². The summed E-state index contributed by atoms with van der Waals surface area (Å²) in [5.41, 5.74) is -0.679. The number of carboxylic acid groups (broad SMARTS) is 1. The molecule has 2 amide bonds. The maximum absolute atomic E-state index is 14.8. The van der Waals surface area contributed by atoms with Crippen molar-refractivity contribution in [2.75, 3.05) is 7.11 Å². The van der Waals surface area contributed by atoms with Gasteiger partial charge < -0.3 is 25.2 Å². The number of hydrogen-bond acceptors (Lipinski definition) is 5. The Morgan fingerprint density at radius 3 is 2.33 bits per heavy atom. The van der Waals surface area contributed by atoms with Crippen molar-refractivity contribution in [1.82, 2.24) is 10.6 Å². The van der Waals surface area contributed by atoms with Gasteiger partial charge >= 0.3 is 5.97 Å². The molecule has 3 atom stereocenters. The molecule has 1 aromatic rings. The standard InChI is InChI=1S/C27H39FN2O6/c1-15(2)16(3)29-24(31)18-7-6-8-21(18)30-25(32)19-13-23(20(28)14-22(19)35-5)36-17-9-11-27(4,12-10-17)26(33)34/h13-18,21H,6-12H2,1-5H3,(H,29,31)(H,30,32)(H,33,34)/t16-,17?,18-,21+,27?/m0/s1. The van der Waals surface area contributed by atoms with Crippen molar-refractivity contribution in [3.05, 3.63) is 23.5 Å². The molecule has 0 spiro atoms. The number of aliphatic carboxylic acids is 1. The molecule has 0 aliphatic heterocycles. The molecule has 0 heterocycles. The van der Waals surface area contributed by atoms with Crippen LogP contribution in [0.15, 0.2) is 12.1 Å². The lowest BCUT2D eigenvalue weighted by Crippen LogP contribution is -2.47. The lowest BCUT2D eigenvalue weighted by atomic mass is 9.75.